The van der Waals surface area contributed by atoms with E-state index < -0.39 is 0 Å². The molecule has 0 aromatic rings. The largest absolute Gasteiger partial charge is 0.353 e. The lowest BCUT2D eigenvalue weighted by Gasteiger charge is -2.33. The quantitative estimate of drug-likeness (QED) is 0.494. The van der Waals surface area contributed by atoms with Crippen molar-refractivity contribution in [2.24, 2.45) is 5.41 Å². The van der Waals surface area contributed by atoms with Crippen molar-refractivity contribution in [2.75, 3.05) is 26.2 Å². The van der Waals surface area contributed by atoms with Crippen molar-refractivity contribution >= 4 is 7.98 Å². The van der Waals surface area contributed by atoms with Crippen molar-refractivity contribution in [1.29, 1.82) is 0 Å². The molecule has 1 spiro atoms. The van der Waals surface area contributed by atoms with Crippen LogP contribution in [0.15, 0.2) is 0 Å². The molecule has 0 bridgehead atoms. The van der Waals surface area contributed by atoms with E-state index in [1.807, 2.05) is 4.81 Å². The van der Waals surface area contributed by atoms with Gasteiger partial charge in [0, 0.05) is 0 Å². The monoisotopic (exact) mass is 150 g/mol. The Kier molecular flexibility index (Phi) is 1.94. The number of nitrogens with zero attached hydrogens (tertiary/aromatic N) is 1. The van der Waals surface area contributed by atoms with Crippen LogP contribution in [0.2, 0.25) is 0 Å². The van der Waals surface area contributed by atoms with E-state index in [0.29, 0.717) is 5.41 Å². The van der Waals surface area contributed by atoms with Gasteiger partial charge in [-0.2, -0.15) is 0 Å². The molecule has 2 aliphatic heterocycles. The molecule has 1 N–H and O–H groups in total. The summed E-state index contributed by atoms with van der Waals surface area (Å²) in [4.78, 5) is 1.98. The van der Waals surface area contributed by atoms with Crippen LogP contribution in [-0.2, 0) is 0 Å². The third kappa shape index (κ3) is 1.45. The maximum atomic E-state index is 5.75. The van der Waals surface area contributed by atoms with E-state index >= 15 is 0 Å². The highest BCUT2D eigenvalue weighted by Gasteiger charge is 2.36. The molecule has 3 heteroatoms. The molecule has 2 saturated heterocycles. The molecule has 0 amide bonds. The van der Waals surface area contributed by atoms with Gasteiger partial charge in [-0.15, -0.1) is 0 Å². The lowest BCUT2D eigenvalue weighted by Crippen LogP contribution is -2.38. The van der Waals surface area contributed by atoms with Gasteiger partial charge in [-0.05, 0) is 50.9 Å². The standard InChI is InChI=1S/C8H15BN2/c9-11-6-3-8(7-11)1-4-10-5-2-8/h10H,1-7H2. The Morgan fingerprint density at radius 1 is 1.18 bits per heavy atom. The maximum Gasteiger partial charge on any atom is 0.182 e. The minimum atomic E-state index is 0.583. The molecule has 0 aromatic carbocycles. The first-order valence-electron chi connectivity index (χ1n) is 4.51. The van der Waals surface area contributed by atoms with Crippen molar-refractivity contribution in [1.82, 2.24) is 10.1 Å². The second kappa shape index (κ2) is 2.79. The van der Waals surface area contributed by atoms with Crippen LogP contribution < -0.4 is 5.32 Å². The van der Waals surface area contributed by atoms with Gasteiger partial charge >= 0.3 is 0 Å². The maximum absolute atomic E-state index is 5.75. The third-order valence-corrected chi connectivity index (χ3v) is 3.13. The summed E-state index contributed by atoms with van der Waals surface area (Å²) < 4.78 is 0. The summed E-state index contributed by atoms with van der Waals surface area (Å²) in [6, 6.07) is 0. The van der Waals surface area contributed by atoms with E-state index in [-0.39, 0.29) is 0 Å². The summed E-state index contributed by atoms with van der Waals surface area (Å²) in [7, 11) is 5.75. The van der Waals surface area contributed by atoms with E-state index in [1.54, 1.807) is 0 Å². The highest BCUT2D eigenvalue weighted by Crippen LogP contribution is 2.37. The van der Waals surface area contributed by atoms with Crippen LogP contribution >= 0.6 is 0 Å². The normalized spacial score (nSPS) is 31.3. The van der Waals surface area contributed by atoms with Crippen LogP contribution in [0.25, 0.3) is 0 Å². The molecule has 2 rings (SSSR count). The first-order valence-corrected chi connectivity index (χ1v) is 4.51. The van der Waals surface area contributed by atoms with Gasteiger partial charge in [0.2, 0.25) is 0 Å². The molecule has 0 atom stereocenters. The minimum Gasteiger partial charge on any atom is -0.353 e. The predicted molar refractivity (Wildman–Crippen MR) is 46.5 cm³/mol. The van der Waals surface area contributed by atoms with Crippen LogP contribution in [0.4, 0.5) is 0 Å². The lowest BCUT2D eigenvalue weighted by molar-refractivity contribution is 0.219. The molecule has 0 saturated carbocycles. The van der Waals surface area contributed by atoms with Gasteiger partial charge in [0.05, 0.1) is 0 Å². The highest BCUT2D eigenvalue weighted by molar-refractivity contribution is 6.04. The Balaban J connectivity index is 1.98. The summed E-state index contributed by atoms with van der Waals surface area (Å²) >= 11 is 0. The fourth-order valence-electron chi connectivity index (χ4n) is 2.33. The van der Waals surface area contributed by atoms with Gasteiger partial charge in [-0.3, -0.25) is 0 Å². The van der Waals surface area contributed by atoms with E-state index in [4.69, 9.17) is 7.98 Å². The summed E-state index contributed by atoms with van der Waals surface area (Å²) in [5, 5.41) is 3.39. The number of hydrogen-bond donors (Lipinski definition) is 1. The molecule has 11 heavy (non-hydrogen) atoms. The molecule has 2 radical (unpaired) electrons. The van der Waals surface area contributed by atoms with Crippen LogP contribution in [0.1, 0.15) is 19.3 Å². The summed E-state index contributed by atoms with van der Waals surface area (Å²) in [6.45, 7) is 4.59. The SMILES string of the molecule is [B]N1CCC2(CCNCC2)C1. The van der Waals surface area contributed by atoms with Crippen molar-refractivity contribution in [3.05, 3.63) is 0 Å². The zero-order valence-electron chi connectivity index (χ0n) is 6.97. The predicted octanol–water partition coefficient (Wildman–Crippen LogP) is 0.145. The highest BCUT2D eigenvalue weighted by atomic mass is 15.1. The average Bonchev–Trinajstić information content (AvgIpc) is 2.34. The minimum absolute atomic E-state index is 0.583. The Hall–Kier alpha value is -0.0151. The van der Waals surface area contributed by atoms with E-state index in [1.165, 1.54) is 32.4 Å². The van der Waals surface area contributed by atoms with Gasteiger partial charge in [-0.1, -0.05) is 0 Å². The van der Waals surface area contributed by atoms with Crippen LogP contribution in [0, 0.1) is 5.41 Å². The number of nitrogens with one attached hydrogen (secondary N) is 1. The smallest absolute Gasteiger partial charge is 0.182 e. The summed E-state index contributed by atoms with van der Waals surface area (Å²) in [5.74, 6) is 0. The van der Waals surface area contributed by atoms with Crippen LogP contribution in [0.5, 0.6) is 0 Å². The molecule has 60 valence electrons. The molecule has 0 aliphatic carbocycles. The second-order valence-electron chi connectivity index (χ2n) is 3.97. The van der Waals surface area contributed by atoms with Crippen molar-refractivity contribution < 1.29 is 0 Å². The summed E-state index contributed by atoms with van der Waals surface area (Å²) in [5.41, 5.74) is 0.583. The van der Waals surface area contributed by atoms with E-state index in [2.05, 4.69) is 5.32 Å². The zero-order valence-corrected chi connectivity index (χ0v) is 6.97. The average molecular weight is 150 g/mol. The number of hydrogen-bond acceptors (Lipinski definition) is 2. The van der Waals surface area contributed by atoms with Crippen molar-refractivity contribution in [2.45, 2.75) is 19.3 Å². The molecule has 2 fully saturated rings. The topological polar surface area (TPSA) is 15.3 Å². The van der Waals surface area contributed by atoms with Crippen molar-refractivity contribution in [3.63, 3.8) is 0 Å². The Morgan fingerprint density at radius 2 is 1.91 bits per heavy atom. The molecular weight excluding hydrogens is 135 g/mol. The fraction of sp³-hybridized carbons (Fsp3) is 1.00. The fourth-order valence-corrected chi connectivity index (χ4v) is 2.33. The lowest BCUT2D eigenvalue weighted by atomic mass is 9.78. The van der Waals surface area contributed by atoms with Gasteiger partial charge in [0.15, 0.2) is 7.98 Å². The molecular formula is C8H15BN2. The first kappa shape index (κ1) is 7.62. The van der Waals surface area contributed by atoms with E-state index in [0.717, 1.165) is 13.1 Å². The summed E-state index contributed by atoms with van der Waals surface area (Å²) in [6.07, 6.45) is 3.95. The molecule has 0 aromatic heterocycles. The Bertz CT molecular complexity index is 138. The third-order valence-electron chi connectivity index (χ3n) is 3.13. The Labute approximate surface area is 69.8 Å². The number of piperidine rings is 1. The van der Waals surface area contributed by atoms with Crippen LogP contribution in [0.3, 0.4) is 0 Å². The first-order chi connectivity index (χ1) is 5.31. The van der Waals surface area contributed by atoms with Gasteiger partial charge in [0.25, 0.3) is 0 Å². The number of rotatable bonds is 0. The molecule has 2 nitrogen and oxygen atoms in total. The van der Waals surface area contributed by atoms with Crippen LogP contribution in [-0.4, -0.2) is 39.0 Å². The Morgan fingerprint density at radius 3 is 2.45 bits per heavy atom. The van der Waals surface area contributed by atoms with Gasteiger partial charge < -0.3 is 10.1 Å². The second-order valence-corrected chi connectivity index (χ2v) is 3.97. The molecule has 2 heterocycles. The van der Waals surface area contributed by atoms with Gasteiger partial charge in [-0.25, -0.2) is 0 Å². The van der Waals surface area contributed by atoms with Crippen molar-refractivity contribution in [3.8, 4) is 0 Å². The van der Waals surface area contributed by atoms with Gasteiger partial charge in [0.1, 0.15) is 0 Å². The zero-order chi connectivity index (χ0) is 7.73. The molecule has 0 unspecified atom stereocenters. The molecule has 2 aliphatic rings. The van der Waals surface area contributed by atoms with E-state index in [9.17, 15) is 0 Å².